The quantitative estimate of drug-likeness (QED) is 0.854. The smallest absolute Gasteiger partial charge is 0.256 e. The van der Waals surface area contributed by atoms with Crippen molar-refractivity contribution in [2.45, 2.75) is 13.0 Å². The van der Waals surface area contributed by atoms with Gasteiger partial charge in [0.25, 0.3) is 6.43 Å². The average molecular weight is 341 g/mol. The van der Waals surface area contributed by atoms with E-state index in [4.69, 9.17) is 5.73 Å². The first-order chi connectivity index (χ1) is 7.49. The first-order valence-electron chi connectivity index (χ1n) is 4.38. The Balaban J connectivity index is 2.64. The van der Waals surface area contributed by atoms with E-state index in [0.29, 0.717) is 9.09 Å². The number of imidazole rings is 1. The Labute approximate surface area is 103 Å². The second-order valence-electron chi connectivity index (χ2n) is 3.23. The van der Waals surface area contributed by atoms with Gasteiger partial charge in [-0.05, 0) is 28.7 Å². The molecule has 1 aromatic carbocycles. The SMILES string of the molecule is Nc1nc2cc(I)c(F)cc2n1CC(F)F. The van der Waals surface area contributed by atoms with Gasteiger partial charge in [0, 0.05) is 6.07 Å². The maximum atomic E-state index is 13.3. The fraction of sp³-hybridized carbons (Fsp3) is 0.222. The summed E-state index contributed by atoms with van der Waals surface area (Å²) in [5, 5.41) is 0. The molecule has 0 aliphatic carbocycles. The summed E-state index contributed by atoms with van der Waals surface area (Å²) in [6, 6.07) is 2.65. The van der Waals surface area contributed by atoms with E-state index >= 15 is 0 Å². The Morgan fingerprint density at radius 3 is 2.75 bits per heavy atom. The Morgan fingerprint density at radius 1 is 1.44 bits per heavy atom. The van der Waals surface area contributed by atoms with Crippen LogP contribution in [0.2, 0.25) is 0 Å². The molecule has 0 aliphatic heterocycles. The summed E-state index contributed by atoms with van der Waals surface area (Å²) < 4.78 is 39.4. The minimum Gasteiger partial charge on any atom is -0.369 e. The third-order valence-corrected chi connectivity index (χ3v) is 2.97. The third-order valence-electron chi connectivity index (χ3n) is 2.14. The summed E-state index contributed by atoms with van der Waals surface area (Å²) in [6.45, 7) is -0.581. The van der Waals surface area contributed by atoms with Crippen molar-refractivity contribution >= 4 is 39.6 Å². The van der Waals surface area contributed by atoms with Gasteiger partial charge in [-0.25, -0.2) is 18.2 Å². The normalized spacial score (nSPS) is 11.6. The van der Waals surface area contributed by atoms with Crippen molar-refractivity contribution in [1.82, 2.24) is 9.55 Å². The Bertz CT molecular complexity index is 538. The summed E-state index contributed by atoms with van der Waals surface area (Å²) >= 11 is 1.81. The third kappa shape index (κ3) is 1.95. The van der Waals surface area contributed by atoms with Crippen LogP contribution in [0.5, 0.6) is 0 Å². The van der Waals surface area contributed by atoms with Crippen LogP contribution in [0.4, 0.5) is 19.1 Å². The molecular weight excluding hydrogens is 334 g/mol. The summed E-state index contributed by atoms with van der Waals surface area (Å²) in [4.78, 5) is 3.90. The molecule has 0 spiro atoms. The van der Waals surface area contributed by atoms with Gasteiger partial charge in [-0.15, -0.1) is 0 Å². The number of nitrogens with two attached hydrogens (primary N) is 1. The van der Waals surface area contributed by atoms with Crippen molar-refractivity contribution in [1.29, 1.82) is 0 Å². The Kier molecular flexibility index (Phi) is 2.96. The molecule has 3 nitrogen and oxygen atoms in total. The number of anilines is 1. The van der Waals surface area contributed by atoms with Gasteiger partial charge >= 0.3 is 0 Å². The van der Waals surface area contributed by atoms with Crippen LogP contribution in [0, 0.1) is 9.39 Å². The largest absolute Gasteiger partial charge is 0.369 e. The molecule has 0 unspecified atom stereocenters. The molecule has 0 saturated heterocycles. The first kappa shape index (κ1) is 11.5. The molecule has 0 radical (unpaired) electrons. The van der Waals surface area contributed by atoms with Crippen LogP contribution in [0.15, 0.2) is 12.1 Å². The number of aromatic nitrogens is 2. The van der Waals surface area contributed by atoms with Gasteiger partial charge in [0.2, 0.25) is 5.95 Å². The molecule has 0 amide bonds. The van der Waals surface area contributed by atoms with Gasteiger partial charge in [0.05, 0.1) is 21.1 Å². The van der Waals surface area contributed by atoms with E-state index < -0.39 is 18.8 Å². The molecule has 7 heteroatoms. The van der Waals surface area contributed by atoms with Crippen LogP contribution in [0.25, 0.3) is 11.0 Å². The number of hydrogen-bond donors (Lipinski definition) is 1. The van der Waals surface area contributed by atoms with Crippen LogP contribution >= 0.6 is 22.6 Å². The monoisotopic (exact) mass is 341 g/mol. The lowest BCUT2D eigenvalue weighted by atomic mass is 10.3. The highest BCUT2D eigenvalue weighted by Gasteiger charge is 2.14. The van der Waals surface area contributed by atoms with E-state index in [1.165, 1.54) is 12.1 Å². The van der Waals surface area contributed by atoms with Crippen molar-refractivity contribution in [3.63, 3.8) is 0 Å². The molecule has 0 aliphatic rings. The van der Waals surface area contributed by atoms with Crippen LogP contribution in [-0.2, 0) is 6.54 Å². The van der Waals surface area contributed by atoms with Gasteiger partial charge in [0.15, 0.2) is 0 Å². The molecule has 2 rings (SSSR count). The van der Waals surface area contributed by atoms with E-state index in [1.807, 2.05) is 0 Å². The molecule has 0 bridgehead atoms. The zero-order valence-electron chi connectivity index (χ0n) is 7.92. The average Bonchev–Trinajstić information content (AvgIpc) is 2.45. The number of rotatable bonds is 2. The van der Waals surface area contributed by atoms with Crippen LogP contribution < -0.4 is 5.73 Å². The first-order valence-corrected chi connectivity index (χ1v) is 5.46. The number of alkyl halides is 2. The number of hydrogen-bond acceptors (Lipinski definition) is 2. The molecule has 2 N–H and O–H groups in total. The Morgan fingerprint density at radius 2 is 2.12 bits per heavy atom. The fourth-order valence-corrected chi connectivity index (χ4v) is 1.92. The molecule has 16 heavy (non-hydrogen) atoms. The van der Waals surface area contributed by atoms with Gasteiger partial charge in [-0.2, -0.15) is 0 Å². The van der Waals surface area contributed by atoms with Crippen molar-refractivity contribution in [2.24, 2.45) is 0 Å². The van der Waals surface area contributed by atoms with E-state index in [-0.39, 0.29) is 11.5 Å². The van der Waals surface area contributed by atoms with Crippen molar-refractivity contribution in [3.05, 3.63) is 21.5 Å². The lowest BCUT2D eigenvalue weighted by molar-refractivity contribution is 0.128. The van der Waals surface area contributed by atoms with Gasteiger partial charge in [-0.3, -0.25) is 0 Å². The Hall–Kier alpha value is -0.990. The van der Waals surface area contributed by atoms with Crippen molar-refractivity contribution in [2.75, 3.05) is 5.73 Å². The van der Waals surface area contributed by atoms with Gasteiger partial charge in [0.1, 0.15) is 5.82 Å². The minimum absolute atomic E-state index is 0.0308. The molecule has 0 atom stereocenters. The van der Waals surface area contributed by atoms with Crippen LogP contribution in [0.3, 0.4) is 0 Å². The molecule has 0 saturated carbocycles. The predicted molar refractivity (Wildman–Crippen MR) is 62.8 cm³/mol. The number of nitrogens with zero attached hydrogens (tertiary/aromatic N) is 2. The lowest BCUT2D eigenvalue weighted by Crippen LogP contribution is -2.09. The van der Waals surface area contributed by atoms with Crippen LogP contribution in [-0.4, -0.2) is 16.0 Å². The molecule has 86 valence electrons. The van der Waals surface area contributed by atoms with Gasteiger partial charge < -0.3 is 10.3 Å². The van der Waals surface area contributed by atoms with E-state index in [0.717, 1.165) is 4.57 Å². The lowest BCUT2D eigenvalue weighted by Gasteiger charge is -2.05. The van der Waals surface area contributed by atoms with Gasteiger partial charge in [-0.1, -0.05) is 0 Å². The van der Waals surface area contributed by atoms with E-state index in [1.54, 1.807) is 22.6 Å². The zero-order chi connectivity index (χ0) is 11.9. The van der Waals surface area contributed by atoms with Crippen molar-refractivity contribution in [3.8, 4) is 0 Å². The second-order valence-corrected chi connectivity index (χ2v) is 4.39. The highest BCUT2D eigenvalue weighted by molar-refractivity contribution is 14.1. The number of fused-ring (bicyclic) bond motifs is 1. The van der Waals surface area contributed by atoms with Crippen LogP contribution in [0.1, 0.15) is 0 Å². The summed E-state index contributed by atoms with van der Waals surface area (Å²) in [6.07, 6.45) is -2.55. The topological polar surface area (TPSA) is 43.8 Å². The molecule has 1 aromatic heterocycles. The summed E-state index contributed by atoms with van der Waals surface area (Å²) in [7, 11) is 0. The minimum atomic E-state index is -2.55. The number of nitrogen functional groups attached to an aromatic ring is 1. The maximum Gasteiger partial charge on any atom is 0.256 e. The highest BCUT2D eigenvalue weighted by Crippen LogP contribution is 2.23. The second kappa shape index (κ2) is 4.11. The van der Waals surface area contributed by atoms with E-state index in [2.05, 4.69) is 4.98 Å². The standard InChI is InChI=1S/C9H7F3IN3/c10-4-1-7-6(2-5(4)13)15-9(14)16(7)3-8(11)12/h1-2,8H,3H2,(H2,14,15). The highest BCUT2D eigenvalue weighted by atomic mass is 127. The molecular formula is C9H7F3IN3. The fourth-order valence-electron chi connectivity index (χ4n) is 1.47. The molecule has 0 fully saturated rings. The molecule has 2 aromatic rings. The number of halogens is 4. The van der Waals surface area contributed by atoms with Crippen molar-refractivity contribution < 1.29 is 13.2 Å². The molecule has 1 heterocycles. The predicted octanol–water partition coefficient (Wildman–Crippen LogP) is 2.63. The maximum absolute atomic E-state index is 13.3. The van der Waals surface area contributed by atoms with E-state index in [9.17, 15) is 13.2 Å². The summed E-state index contributed by atoms with van der Waals surface area (Å²) in [5.74, 6) is -0.500. The summed E-state index contributed by atoms with van der Waals surface area (Å²) in [5.41, 5.74) is 6.20. The number of benzene rings is 1. The zero-order valence-corrected chi connectivity index (χ0v) is 10.1.